The van der Waals surface area contributed by atoms with Crippen LogP contribution >= 0.6 is 0 Å². The molecular formula is C24H33N3O2. The Morgan fingerprint density at radius 2 is 1.83 bits per heavy atom. The van der Waals surface area contributed by atoms with Gasteiger partial charge in [0.1, 0.15) is 5.75 Å². The number of para-hydroxylation sites is 1. The van der Waals surface area contributed by atoms with E-state index in [1.165, 1.54) is 11.1 Å². The minimum Gasteiger partial charge on any atom is -0.497 e. The standard InChI is InChI=1S/C24H33N3O2/c1-18(2)22-10-5-7-19(3)23(22)25-24(28)27-15-13-26(14-16-27)12-11-20-8-6-9-21(17-20)29-4/h5-10,17-18H,11-16H2,1-4H3,(H,25,28). The molecule has 1 aliphatic heterocycles. The number of urea groups is 1. The Kier molecular flexibility index (Phi) is 7.15. The fraction of sp³-hybridized carbons (Fsp3) is 0.458. The highest BCUT2D eigenvalue weighted by molar-refractivity contribution is 5.91. The van der Waals surface area contributed by atoms with Gasteiger partial charge in [0.05, 0.1) is 7.11 Å². The number of piperazine rings is 1. The van der Waals surface area contributed by atoms with Crippen LogP contribution in [0.4, 0.5) is 10.5 Å². The van der Waals surface area contributed by atoms with Crippen molar-refractivity contribution in [1.29, 1.82) is 0 Å². The van der Waals surface area contributed by atoms with Gasteiger partial charge >= 0.3 is 6.03 Å². The normalized spacial score (nSPS) is 14.9. The lowest BCUT2D eigenvalue weighted by molar-refractivity contribution is 0.148. The highest BCUT2D eigenvalue weighted by atomic mass is 16.5. The van der Waals surface area contributed by atoms with Crippen molar-refractivity contribution in [3.05, 3.63) is 59.2 Å². The number of amides is 2. The zero-order chi connectivity index (χ0) is 20.8. The van der Waals surface area contributed by atoms with Crippen molar-refractivity contribution >= 4 is 11.7 Å². The van der Waals surface area contributed by atoms with E-state index < -0.39 is 0 Å². The summed E-state index contributed by atoms with van der Waals surface area (Å²) in [4.78, 5) is 17.2. The van der Waals surface area contributed by atoms with Crippen LogP contribution in [-0.2, 0) is 6.42 Å². The number of rotatable bonds is 6. The van der Waals surface area contributed by atoms with E-state index in [1.54, 1.807) is 7.11 Å². The molecule has 0 aliphatic carbocycles. The maximum atomic E-state index is 12.8. The summed E-state index contributed by atoms with van der Waals surface area (Å²) in [5, 5.41) is 3.17. The van der Waals surface area contributed by atoms with Gasteiger partial charge in [0.15, 0.2) is 0 Å². The zero-order valence-corrected chi connectivity index (χ0v) is 18.1. The number of anilines is 1. The molecule has 2 aromatic carbocycles. The lowest BCUT2D eigenvalue weighted by Crippen LogP contribution is -2.50. The van der Waals surface area contributed by atoms with Gasteiger partial charge in [-0.05, 0) is 48.1 Å². The van der Waals surface area contributed by atoms with Gasteiger partial charge in [-0.3, -0.25) is 4.90 Å². The van der Waals surface area contributed by atoms with Crippen LogP contribution in [-0.4, -0.2) is 55.7 Å². The van der Waals surface area contributed by atoms with E-state index in [9.17, 15) is 4.79 Å². The average Bonchev–Trinajstić information content (AvgIpc) is 2.74. The summed E-state index contributed by atoms with van der Waals surface area (Å²) >= 11 is 0. The molecule has 2 amide bonds. The van der Waals surface area contributed by atoms with Gasteiger partial charge < -0.3 is 15.0 Å². The van der Waals surface area contributed by atoms with Crippen molar-refractivity contribution in [2.45, 2.75) is 33.1 Å². The summed E-state index contributed by atoms with van der Waals surface area (Å²) in [5.41, 5.74) is 4.55. The molecule has 0 radical (unpaired) electrons. The van der Waals surface area contributed by atoms with Crippen molar-refractivity contribution < 1.29 is 9.53 Å². The molecule has 3 rings (SSSR count). The molecule has 5 heteroatoms. The van der Waals surface area contributed by atoms with Crippen LogP contribution in [0.5, 0.6) is 5.75 Å². The minimum absolute atomic E-state index is 0.00801. The first-order valence-electron chi connectivity index (χ1n) is 10.5. The van der Waals surface area contributed by atoms with E-state index in [4.69, 9.17) is 4.74 Å². The van der Waals surface area contributed by atoms with Crippen LogP contribution in [0.15, 0.2) is 42.5 Å². The summed E-state index contributed by atoms with van der Waals surface area (Å²) in [6.07, 6.45) is 0.990. The summed E-state index contributed by atoms with van der Waals surface area (Å²) in [6, 6.07) is 14.5. The zero-order valence-electron chi connectivity index (χ0n) is 18.1. The Morgan fingerprint density at radius 1 is 1.10 bits per heavy atom. The number of nitrogens with one attached hydrogen (secondary N) is 1. The van der Waals surface area contributed by atoms with Gasteiger partial charge in [0, 0.05) is 38.4 Å². The quantitative estimate of drug-likeness (QED) is 0.782. The van der Waals surface area contributed by atoms with Crippen molar-refractivity contribution in [2.75, 3.05) is 45.2 Å². The lowest BCUT2D eigenvalue weighted by Gasteiger charge is -2.35. The molecular weight excluding hydrogens is 362 g/mol. The van der Waals surface area contributed by atoms with E-state index in [1.807, 2.05) is 17.0 Å². The van der Waals surface area contributed by atoms with E-state index >= 15 is 0 Å². The molecule has 29 heavy (non-hydrogen) atoms. The lowest BCUT2D eigenvalue weighted by atomic mass is 9.98. The third-order valence-electron chi connectivity index (χ3n) is 5.67. The van der Waals surface area contributed by atoms with Gasteiger partial charge in [0.25, 0.3) is 0 Å². The van der Waals surface area contributed by atoms with Crippen molar-refractivity contribution in [3.63, 3.8) is 0 Å². The third kappa shape index (κ3) is 5.51. The molecule has 0 saturated carbocycles. The molecule has 0 spiro atoms. The Morgan fingerprint density at radius 3 is 2.52 bits per heavy atom. The van der Waals surface area contributed by atoms with Gasteiger partial charge in [-0.1, -0.05) is 44.2 Å². The molecule has 0 atom stereocenters. The second-order valence-corrected chi connectivity index (χ2v) is 8.05. The van der Waals surface area contributed by atoms with E-state index in [0.29, 0.717) is 5.92 Å². The molecule has 5 nitrogen and oxygen atoms in total. The fourth-order valence-electron chi connectivity index (χ4n) is 3.82. The summed E-state index contributed by atoms with van der Waals surface area (Å²) in [7, 11) is 1.70. The maximum absolute atomic E-state index is 12.8. The Bertz CT molecular complexity index is 827. The summed E-state index contributed by atoms with van der Waals surface area (Å²) in [6.45, 7) is 10.7. The number of hydrogen-bond donors (Lipinski definition) is 1. The highest BCUT2D eigenvalue weighted by Gasteiger charge is 2.22. The number of hydrogen-bond acceptors (Lipinski definition) is 3. The number of carbonyl (C=O) groups is 1. The fourth-order valence-corrected chi connectivity index (χ4v) is 3.82. The molecule has 1 aliphatic rings. The molecule has 0 aromatic heterocycles. The molecule has 1 N–H and O–H groups in total. The number of aryl methyl sites for hydroxylation is 1. The second-order valence-electron chi connectivity index (χ2n) is 8.05. The highest BCUT2D eigenvalue weighted by Crippen LogP contribution is 2.27. The Hall–Kier alpha value is -2.53. The van der Waals surface area contributed by atoms with Crippen LogP contribution in [0.2, 0.25) is 0 Å². The van der Waals surface area contributed by atoms with Gasteiger partial charge in [0.2, 0.25) is 0 Å². The largest absolute Gasteiger partial charge is 0.497 e. The third-order valence-corrected chi connectivity index (χ3v) is 5.67. The molecule has 156 valence electrons. The van der Waals surface area contributed by atoms with Crippen LogP contribution in [0, 0.1) is 6.92 Å². The molecule has 1 fully saturated rings. The van der Waals surface area contributed by atoms with Crippen molar-refractivity contribution in [3.8, 4) is 5.75 Å². The first-order chi connectivity index (χ1) is 14.0. The topological polar surface area (TPSA) is 44.8 Å². The van der Waals surface area contributed by atoms with Crippen LogP contribution < -0.4 is 10.1 Å². The molecule has 1 saturated heterocycles. The predicted molar refractivity (Wildman–Crippen MR) is 119 cm³/mol. The van der Waals surface area contributed by atoms with Crippen LogP contribution in [0.3, 0.4) is 0 Å². The Balaban J connectivity index is 1.51. The Labute approximate surface area is 174 Å². The number of methoxy groups -OCH3 is 1. The van der Waals surface area contributed by atoms with Crippen molar-refractivity contribution in [1.82, 2.24) is 9.80 Å². The minimum atomic E-state index is 0.00801. The van der Waals surface area contributed by atoms with E-state index in [2.05, 4.69) is 61.3 Å². The number of ether oxygens (including phenoxy) is 1. The first kappa shape index (κ1) is 21.2. The van der Waals surface area contributed by atoms with Gasteiger partial charge in [-0.15, -0.1) is 0 Å². The van der Waals surface area contributed by atoms with Crippen molar-refractivity contribution in [2.24, 2.45) is 0 Å². The van der Waals surface area contributed by atoms with Gasteiger partial charge in [-0.2, -0.15) is 0 Å². The molecule has 0 bridgehead atoms. The number of nitrogens with zero attached hydrogens (tertiary/aromatic N) is 2. The number of carbonyl (C=O) groups excluding carboxylic acids is 1. The SMILES string of the molecule is COc1cccc(CCN2CCN(C(=O)Nc3c(C)cccc3C(C)C)CC2)c1. The monoisotopic (exact) mass is 395 g/mol. The molecule has 2 aromatic rings. The predicted octanol–water partition coefficient (Wildman–Crippen LogP) is 4.52. The number of benzene rings is 2. The molecule has 0 unspecified atom stereocenters. The smallest absolute Gasteiger partial charge is 0.321 e. The first-order valence-corrected chi connectivity index (χ1v) is 10.5. The van der Waals surface area contributed by atoms with Crippen LogP contribution in [0.1, 0.15) is 36.5 Å². The van der Waals surface area contributed by atoms with E-state index in [-0.39, 0.29) is 6.03 Å². The van der Waals surface area contributed by atoms with Crippen LogP contribution in [0.25, 0.3) is 0 Å². The summed E-state index contributed by atoms with van der Waals surface area (Å²) in [5.74, 6) is 1.28. The maximum Gasteiger partial charge on any atom is 0.321 e. The summed E-state index contributed by atoms with van der Waals surface area (Å²) < 4.78 is 5.30. The van der Waals surface area contributed by atoms with E-state index in [0.717, 1.165) is 56.1 Å². The van der Waals surface area contributed by atoms with Gasteiger partial charge in [-0.25, -0.2) is 4.79 Å². The second kappa shape index (κ2) is 9.79. The molecule has 1 heterocycles. The average molecular weight is 396 g/mol.